The van der Waals surface area contributed by atoms with Crippen LogP contribution in [0.3, 0.4) is 0 Å². The van der Waals surface area contributed by atoms with Crippen LogP contribution in [0, 0.1) is 18.3 Å². The molecule has 0 bridgehead atoms. The molecule has 1 heterocycles. The Morgan fingerprint density at radius 2 is 2.29 bits per heavy atom. The summed E-state index contributed by atoms with van der Waals surface area (Å²) in [5.41, 5.74) is 1.68. The molecule has 1 aromatic rings. The van der Waals surface area contributed by atoms with E-state index in [4.69, 9.17) is 0 Å². The second-order valence-corrected chi connectivity index (χ2v) is 4.89. The van der Waals surface area contributed by atoms with E-state index in [9.17, 15) is 0 Å². The molecule has 0 amide bonds. The van der Waals surface area contributed by atoms with Crippen LogP contribution < -0.4 is 5.32 Å². The Kier molecular flexibility index (Phi) is 2.17. The lowest BCUT2D eigenvalue weighted by atomic mass is 10.1. The molecule has 0 aliphatic heterocycles. The van der Waals surface area contributed by atoms with Crippen LogP contribution in [-0.4, -0.2) is 16.7 Å². The molecular formula is C11H17N3. The van der Waals surface area contributed by atoms with Crippen LogP contribution in [0.4, 0.5) is 5.82 Å². The minimum absolute atomic E-state index is 0.532. The van der Waals surface area contributed by atoms with Crippen LogP contribution >= 0.6 is 0 Å². The summed E-state index contributed by atoms with van der Waals surface area (Å²) in [5.74, 6) is 1.69. The lowest BCUT2D eigenvalue weighted by Gasteiger charge is -2.06. The normalized spacial score (nSPS) is 23.2. The van der Waals surface area contributed by atoms with Gasteiger partial charge in [-0.2, -0.15) is 5.10 Å². The number of hydrogen-bond acceptors (Lipinski definition) is 3. The van der Waals surface area contributed by atoms with Gasteiger partial charge in [0.15, 0.2) is 0 Å². The number of hydrogen-bond donors (Lipinski definition) is 1. The Morgan fingerprint density at radius 1 is 1.57 bits per heavy atom. The average molecular weight is 191 g/mol. The maximum Gasteiger partial charge on any atom is 0.148 e. The number of rotatable bonds is 3. The molecule has 1 N–H and O–H groups in total. The van der Waals surface area contributed by atoms with Gasteiger partial charge in [0.2, 0.25) is 0 Å². The lowest BCUT2D eigenvalue weighted by Crippen LogP contribution is -2.08. The Hall–Kier alpha value is -1.12. The number of nitrogens with one attached hydrogen (secondary N) is 1. The molecule has 1 aliphatic rings. The molecule has 0 aromatic carbocycles. The van der Waals surface area contributed by atoms with Gasteiger partial charge < -0.3 is 5.32 Å². The Bertz CT molecular complexity index is 333. The van der Waals surface area contributed by atoms with Crippen molar-refractivity contribution in [1.29, 1.82) is 0 Å². The molecular weight excluding hydrogens is 174 g/mol. The SMILES string of the molecule is Cc1cnnc(NCC2CC2(C)C)c1. The first-order chi connectivity index (χ1) is 6.58. The zero-order chi connectivity index (χ0) is 10.2. The fraction of sp³-hybridized carbons (Fsp3) is 0.636. The van der Waals surface area contributed by atoms with E-state index in [2.05, 4.69) is 29.4 Å². The van der Waals surface area contributed by atoms with Crippen molar-refractivity contribution in [2.45, 2.75) is 27.2 Å². The number of aryl methyl sites for hydroxylation is 1. The van der Waals surface area contributed by atoms with Crippen molar-refractivity contribution >= 4 is 5.82 Å². The van der Waals surface area contributed by atoms with Gasteiger partial charge in [-0.05, 0) is 36.3 Å². The van der Waals surface area contributed by atoms with Crippen molar-refractivity contribution < 1.29 is 0 Å². The van der Waals surface area contributed by atoms with Gasteiger partial charge in [-0.25, -0.2) is 0 Å². The molecule has 1 unspecified atom stereocenters. The highest BCUT2D eigenvalue weighted by atomic mass is 15.2. The molecule has 3 heteroatoms. The van der Waals surface area contributed by atoms with Gasteiger partial charge in [-0.3, -0.25) is 0 Å². The van der Waals surface area contributed by atoms with Gasteiger partial charge in [0.05, 0.1) is 6.20 Å². The summed E-state index contributed by atoms with van der Waals surface area (Å²) in [6.45, 7) is 7.66. The van der Waals surface area contributed by atoms with Gasteiger partial charge in [0.25, 0.3) is 0 Å². The van der Waals surface area contributed by atoms with E-state index >= 15 is 0 Å². The van der Waals surface area contributed by atoms with Gasteiger partial charge in [0.1, 0.15) is 5.82 Å². The van der Waals surface area contributed by atoms with E-state index in [1.807, 2.05) is 13.0 Å². The molecule has 1 aromatic heterocycles. The van der Waals surface area contributed by atoms with Crippen molar-refractivity contribution in [3.8, 4) is 0 Å². The van der Waals surface area contributed by atoms with Crippen LogP contribution in [-0.2, 0) is 0 Å². The number of nitrogens with zero attached hydrogens (tertiary/aromatic N) is 2. The fourth-order valence-electron chi connectivity index (χ4n) is 1.70. The first-order valence-corrected chi connectivity index (χ1v) is 5.11. The Morgan fingerprint density at radius 3 is 2.86 bits per heavy atom. The minimum Gasteiger partial charge on any atom is -0.368 e. The second-order valence-electron chi connectivity index (χ2n) is 4.89. The van der Waals surface area contributed by atoms with Crippen molar-refractivity contribution in [2.75, 3.05) is 11.9 Å². The van der Waals surface area contributed by atoms with Crippen LogP contribution in [0.25, 0.3) is 0 Å². The molecule has 1 atom stereocenters. The predicted octanol–water partition coefficient (Wildman–Crippen LogP) is 2.24. The standard InChI is InChI=1S/C11H17N3/c1-8-4-10(14-13-6-8)12-7-9-5-11(9,2)3/h4,6,9H,5,7H2,1-3H3,(H,12,14). The molecule has 1 aliphatic carbocycles. The lowest BCUT2D eigenvalue weighted by molar-refractivity contribution is 0.572. The summed E-state index contributed by atoms with van der Waals surface area (Å²) >= 11 is 0. The van der Waals surface area contributed by atoms with E-state index in [1.54, 1.807) is 6.20 Å². The smallest absolute Gasteiger partial charge is 0.148 e. The highest BCUT2D eigenvalue weighted by molar-refractivity contribution is 5.35. The first kappa shape index (κ1) is 9.44. The average Bonchev–Trinajstić information content (AvgIpc) is 2.71. The summed E-state index contributed by atoms with van der Waals surface area (Å²) in [7, 11) is 0. The van der Waals surface area contributed by atoms with Crippen molar-refractivity contribution in [3.05, 3.63) is 17.8 Å². The van der Waals surface area contributed by atoms with Crippen LogP contribution in [0.5, 0.6) is 0 Å². The molecule has 0 spiro atoms. The molecule has 76 valence electrons. The van der Waals surface area contributed by atoms with Crippen LogP contribution in [0.1, 0.15) is 25.8 Å². The van der Waals surface area contributed by atoms with Crippen LogP contribution in [0.15, 0.2) is 12.3 Å². The summed E-state index contributed by atoms with van der Waals surface area (Å²) in [5, 5.41) is 11.3. The monoisotopic (exact) mass is 191 g/mol. The molecule has 14 heavy (non-hydrogen) atoms. The van der Waals surface area contributed by atoms with E-state index in [-0.39, 0.29) is 0 Å². The quantitative estimate of drug-likeness (QED) is 0.796. The highest BCUT2D eigenvalue weighted by Gasteiger charge is 2.44. The van der Waals surface area contributed by atoms with Gasteiger partial charge in [0, 0.05) is 6.54 Å². The van der Waals surface area contributed by atoms with Crippen molar-refractivity contribution in [3.63, 3.8) is 0 Å². The highest BCUT2D eigenvalue weighted by Crippen LogP contribution is 2.51. The largest absolute Gasteiger partial charge is 0.368 e. The molecule has 0 saturated heterocycles. The third kappa shape index (κ3) is 2.03. The summed E-state index contributed by atoms with van der Waals surface area (Å²) in [4.78, 5) is 0. The number of anilines is 1. The summed E-state index contributed by atoms with van der Waals surface area (Å²) in [6.07, 6.45) is 3.09. The topological polar surface area (TPSA) is 37.8 Å². The van der Waals surface area contributed by atoms with E-state index in [0.29, 0.717) is 5.41 Å². The Balaban J connectivity index is 1.87. The maximum absolute atomic E-state index is 4.03. The maximum atomic E-state index is 4.03. The second kappa shape index (κ2) is 3.23. The third-order valence-corrected chi connectivity index (χ3v) is 3.04. The molecule has 1 saturated carbocycles. The molecule has 1 fully saturated rings. The minimum atomic E-state index is 0.532. The summed E-state index contributed by atoms with van der Waals surface area (Å²) in [6, 6.07) is 2.03. The van der Waals surface area contributed by atoms with Gasteiger partial charge >= 0.3 is 0 Å². The predicted molar refractivity (Wildman–Crippen MR) is 57.1 cm³/mol. The van der Waals surface area contributed by atoms with Crippen molar-refractivity contribution in [2.24, 2.45) is 11.3 Å². The van der Waals surface area contributed by atoms with Gasteiger partial charge in [-0.1, -0.05) is 13.8 Å². The summed E-state index contributed by atoms with van der Waals surface area (Å²) < 4.78 is 0. The molecule has 3 nitrogen and oxygen atoms in total. The number of aromatic nitrogens is 2. The molecule has 2 rings (SSSR count). The van der Waals surface area contributed by atoms with E-state index in [0.717, 1.165) is 23.8 Å². The Labute approximate surface area is 84.9 Å². The van der Waals surface area contributed by atoms with E-state index < -0.39 is 0 Å². The van der Waals surface area contributed by atoms with Crippen molar-refractivity contribution in [1.82, 2.24) is 10.2 Å². The zero-order valence-electron chi connectivity index (χ0n) is 9.04. The first-order valence-electron chi connectivity index (χ1n) is 5.11. The third-order valence-electron chi connectivity index (χ3n) is 3.04. The van der Waals surface area contributed by atoms with Crippen LogP contribution in [0.2, 0.25) is 0 Å². The van der Waals surface area contributed by atoms with E-state index in [1.165, 1.54) is 6.42 Å². The van der Waals surface area contributed by atoms with Gasteiger partial charge in [-0.15, -0.1) is 5.10 Å². The molecule has 0 radical (unpaired) electrons. The fourth-order valence-corrected chi connectivity index (χ4v) is 1.70. The zero-order valence-corrected chi connectivity index (χ0v) is 9.04.